The average molecular weight is 214 g/mol. The summed E-state index contributed by atoms with van der Waals surface area (Å²) in [5, 5.41) is 3.27. The van der Waals surface area contributed by atoms with Gasteiger partial charge in [-0.3, -0.25) is 0 Å². The van der Waals surface area contributed by atoms with Gasteiger partial charge in [-0.2, -0.15) is 0 Å². The maximum absolute atomic E-state index is 5.28. The highest BCUT2D eigenvalue weighted by molar-refractivity contribution is 5.85. The van der Waals surface area contributed by atoms with Crippen LogP contribution in [0, 0.1) is 6.92 Å². The summed E-state index contributed by atoms with van der Waals surface area (Å²) in [6.07, 6.45) is 0. The van der Waals surface area contributed by atoms with Gasteiger partial charge >= 0.3 is 0 Å². The van der Waals surface area contributed by atoms with E-state index in [1.807, 2.05) is 0 Å². The first kappa shape index (κ1) is 11.3. The van der Waals surface area contributed by atoms with Crippen LogP contribution in [0.15, 0.2) is 18.2 Å². The number of benzene rings is 1. The quantitative estimate of drug-likeness (QED) is 0.813. The number of hydrogen-bond donors (Lipinski definition) is 1. The Labute approximate surface area is 91.1 Å². The van der Waals surface area contributed by atoms with Gasteiger partial charge in [-0.1, -0.05) is 12.1 Å². The molecule has 1 saturated heterocycles. The maximum atomic E-state index is 5.28. The zero-order valence-corrected chi connectivity index (χ0v) is 9.36. The molecule has 0 spiro atoms. The van der Waals surface area contributed by atoms with Gasteiger partial charge < -0.3 is 10.1 Å². The largest absolute Gasteiger partial charge is 0.496 e. The van der Waals surface area contributed by atoms with Gasteiger partial charge in [-0.15, -0.1) is 12.4 Å². The molecule has 0 unspecified atom stereocenters. The van der Waals surface area contributed by atoms with E-state index in [-0.39, 0.29) is 12.4 Å². The number of rotatable bonds is 2. The molecule has 0 atom stereocenters. The van der Waals surface area contributed by atoms with Crippen LogP contribution in [-0.4, -0.2) is 20.2 Å². The molecule has 0 saturated carbocycles. The minimum absolute atomic E-state index is 0. The lowest BCUT2D eigenvalue weighted by molar-refractivity contribution is 0.406. The van der Waals surface area contributed by atoms with Crippen molar-refractivity contribution in [2.75, 3.05) is 20.2 Å². The molecule has 1 fully saturated rings. The van der Waals surface area contributed by atoms with Gasteiger partial charge in [-0.25, -0.2) is 0 Å². The van der Waals surface area contributed by atoms with Gasteiger partial charge in [0.15, 0.2) is 0 Å². The molecule has 0 aliphatic carbocycles. The minimum atomic E-state index is 0. The summed E-state index contributed by atoms with van der Waals surface area (Å²) in [7, 11) is 1.73. The highest BCUT2D eigenvalue weighted by atomic mass is 35.5. The molecule has 1 heterocycles. The van der Waals surface area contributed by atoms with Crippen LogP contribution in [-0.2, 0) is 0 Å². The SMILES string of the molecule is COc1cc(C2CNC2)ccc1C.Cl. The molecular weight excluding hydrogens is 198 g/mol. The molecule has 1 aromatic rings. The lowest BCUT2D eigenvalue weighted by Gasteiger charge is -2.27. The second kappa shape index (κ2) is 4.67. The number of halogens is 1. The third kappa shape index (κ3) is 2.02. The lowest BCUT2D eigenvalue weighted by atomic mass is 9.93. The Morgan fingerprint density at radius 3 is 2.57 bits per heavy atom. The van der Waals surface area contributed by atoms with E-state index in [1.54, 1.807) is 7.11 Å². The number of methoxy groups -OCH3 is 1. The van der Waals surface area contributed by atoms with Crippen molar-refractivity contribution >= 4 is 12.4 Å². The molecule has 0 bridgehead atoms. The molecule has 1 aromatic carbocycles. The summed E-state index contributed by atoms with van der Waals surface area (Å²) < 4.78 is 5.28. The number of aryl methyl sites for hydroxylation is 1. The molecule has 0 amide bonds. The van der Waals surface area contributed by atoms with E-state index >= 15 is 0 Å². The Balaban J connectivity index is 0.000000980. The first-order chi connectivity index (χ1) is 6.31. The van der Waals surface area contributed by atoms with Crippen LogP contribution in [0.3, 0.4) is 0 Å². The Morgan fingerprint density at radius 1 is 1.36 bits per heavy atom. The summed E-state index contributed by atoms with van der Waals surface area (Å²) in [5.74, 6) is 1.69. The molecule has 1 N–H and O–H groups in total. The van der Waals surface area contributed by atoms with E-state index in [9.17, 15) is 0 Å². The Bertz CT molecular complexity index is 310. The number of ether oxygens (including phenoxy) is 1. The van der Waals surface area contributed by atoms with E-state index < -0.39 is 0 Å². The highest BCUT2D eigenvalue weighted by Crippen LogP contribution is 2.26. The van der Waals surface area contributed by atoms with Crippen LogP contribution in [0.1, 0.15) is 17.0 Å². The van der Waals surface area contributed by atoms with Crippen molar-refractivity contribution in [3.05, 3.63) is 29.3 Å². The van der Waals surface area contributed by atoms with E-state index in [0.29, 0.717) is 5.92 Å². The lowest BCUT2D eigenvalue weighted by Crippen LogP contribution is -2.39. The Hall–Kier alpha value is -0.730. The topological polar surface area (TPSA) is 21.3 Å². The molecule has 1 aliphatic heterocycles. The first-order valence-corrected chi connectivity index (χ1v) is 4.66. The summed E-state index contributed by atoms with van der Waals surface area (Å²) in [6.45, 7) is 4.28. The number of nitrogens with one attached hydrogen (secondary N) is 1. The smallest absolute Gasteiger partial charge is 0.122 e. The fourth-order valence-electron chi connectivity index (χ4n) is 1.61. The van der Waals surface area contributed by atoms with Crippen molar-refractivity contribution in [3.8, 4) is 5.75 Å². The van der Waals surface area contributed by atoms with E-state index in [1.165, 1.54) is 11.1 Å². The zero-order chi connectivity index (χ0) is 9.26. The van der Waals surface area contributed by atoms with Crippen LogP contribution in [0.2, 0.25) is 0 Å². The third-order valence-electron chi connectivity index (χ3n) is 2.68. The van der Waals surface area contributed by atoms with Crippen molar-refractivity contribution in [3.63, 3.8) is 0 Å². The fourth-order valence-corrected chi connectivity index (χ4v) is 1.61. The van der Waals surface area contributed by atoms with Crippen LogP contribution >= 0.6 is 12.4 Å². The predicted molar refractivity (Wildman–Crippen MR) is 60.6 cm³/mol. The van der Waals surface area contributed by atoms with E-state index in [4.69, 9.17) is 4.74 Å². The van der Waals surface area contributed by atoms with Gasteiger partial charge in [0.05, 0.1) is 7.11 Å². The van der Waals surface area contributed by atoms with Gasteiger partial charge in [-0.05, 0) is 24.1 Å². The average Bonchev–Trinajstić information content (AvgIpc) is 2.05. The third-order valence-corrected chi connectivity index (χ3v) is 2.68. The molecule has 1 aliphatic rings. The number of hydrogen-bond acceptors (Lipinski definition) is 2. The summed E-state index contributed by atoms with van der Waals surface area (Å²) in [4.78, 5) is 0. The van der Waals surface area contributed by atoms with Gasteiger partial charge in [0.1, 0.15) is 5.75 Å². The standard InChI is InChI=1S/C11H15NO.ClH/c1-8-3-4-9(5-11(8)13-2)10-6-12-7-10;/h3-5,10,12H,6-7H2,1-2H3;1H. The predicted octanol–water partition coefficient (Wildman–Crippen LogP) is 2.11. The van der Waals surface area contributed by atoms with Crippen LogP contribution in [0.25, 0.3) is 0 Å². The zero-order valence-electron chi connectivity index (χ0n) is 8.54. The Kier molecular flexibility index (Phi) is 3.78. The van der Waals surface area contributed by atoms with Crippen molar-refractivity contribution < 1.29 is 4.74 Å². The second-order valence-electron chi connectivity index (χ2n) is 3.58. The highest BCUT2D eigenvalue weighted by Gasteiger charge is 2.19. The molecule has 3 heteroatoms. The molecule has 0 aromatic heterocycles. The van der Waals surface area contributed by atoms with E-state index in [0.717, 1.165) is 18.8 Å². The molecule has 0 radical (unpaired) electrons. The molecule has 14 heavy (non-hydrogen) atoms. The first-order valence-electron chi connectivity index (χ1n) is 4.66. The summed E-state index contributed by atoms with van der Waals surface area (Å²) in [6, 6.07) is 6.48. The molecular formula is C11H16ClNO. The second-order valence-corrected chi connectivity index (χ2v) is 3.58. The fraction of sp³-hybridized carbons (Fsp3) is 0.455. The van der Waals surface area contributed by atoms with Gasteiger partial charge in [0.2, 0.25) is 0 Å². The van der Waals surface area contributed by atoms with Gasteiger partial charge in [0.25, 0.3) is 0 Å². The molecule has 78 valence electrons. The van der Waals surface area contributed by atoms with Crippen LogP contribution < -0.4 is 10.1 Å². The van der Waals surface area contributed by atoms with Crippen LogP contribution in [0.5, 0.6) is 5.75 Å². The van der Waals surface area contributed by atoms with Crippen molar-refractivity contribution in [1.29, 1.82) is 0 Å². The van der Waals surface area contributed by atoms with Crippen molar-refractivity contribution in [2.24, 2.45) is 0 Å². The van der Waals surface area contributed by atoms with Crippen molar-refractivity contribution in [1.82, 2.24) is 5.32 Å². The van der Waals surface area contributed by atoms with Crippen molar-refractivity contribution in [2.45, 2.75) is 12.8 Å². The summed E-state index contributed by atoms with van der Waals surface area (Å²) >= 11 is 0. The van der Waals surface area contributed by atoms with Crippen LogP contribution in [0.4, 0.5) is 0 Å². The maximum Gasteiger partial charge on any atom is 0.122 e. The monoisotopic (exact) mass is 213 g/mol. The molecule has 2 rings (SSSR count). The normalized spacial score (nSPS) is 15.6. The Morgan fingerprint density at radius 2 is 2.07 bits per heavy atom. The molecule has 2 nitrogen and oxygen atoms in total. The minimum Gasteiger partial charge on any atom is -0.496 e. The van der Waals surface area contributed by atoms with E-state index in [2.05, 4.69) is 30.4 Å². The summed E-state index contributed by atoms with van der Waals surface area (Å²) in [5.41, 5.74) is 2.60. The van der Waals surface area contributed by atoms with Gasteiger partial charge in [0, 0.05) is 19.0 Å².